The average Bonchev–Trinajstić information content (AvgIpc) is 2.85. The molecule has 0 bridgehead atoms. The summed E-state index contributed by atoms with van der Waals surface area (Å²) in [5.41, 5.74) is 0.332. The number of rotatable bonds is 5. The first-order chi connectivity index (χ1) is 11.3. The zero-order chi connectivity index (χ0) is 17.5. The fourth-order valence-corrected chi connectivity index (χ4v) is 3.09. The van der Waals surface area contributed by atoms with Gasteiger partial charge in [0.2, 0.25) is 5.91 Å². The minimum absolute atomic E-state index is 0.299. The molecule has 126 valence electrons. The monoisotopic (exact) mass is 331 g/mol. The van der Waals surface area contributed by atoms with Crippen molar-refractivity contribution in [3.05, 3.63) is 47.9 Å². The van der Waals surface area contributed by atoms with E-state index in [-0.39, 0.29) is 11.7 Å². The molecule has 1 aromatic heterocycles. The normalized spacial score (nSPS) is 21.3. The summed E-state index contributed by atoms with van der Waals surface area (Å²) in [4.78, 5) is 23.4. The minimum Gasteiger partial charge on any atom is -0.481 e. The van der Waals surface area contributed by atoms with Gasteiger partial charge in [0.15, 0.2) is 5.82 Å². The molecular formula is C17H18FN3O3. The predicted octanol–water partition coefficient (Wildman–Crippen LogP) is 2.37. The first-order valence-corrected chi connectivity index (χ1v) is 7.60. The molecule has 1 aliphatic carbocycles. The molecule has 3 rings (SSSR count). The van der Waals surface area contributed by atoms with Gasteiger partial charge < -0.3 is 10.4 Å². The number of halogens is 1. The Morgan fingerprint density at radius 3 is 2.50 bits per heavy atom. The molecule has 0 spiro atoms. The second-order valence-electron chi connectivity index (χ2n) is 6.63. The quantitative estimate of drug-likeness (QED) is 0.881. The molecule has 7 heteroatoms. The highest BCUT2D eigenvalue weighted by molar-refractivity contribution is 5.99. The third-order valence-corrected chi connectivity index (χ3v) is 4.53. The lowest BCUT2D eigenvalue weighted by atomic mass is 10.1. The molecule has 0 aliphatic heterocycles. The Morgan fingerprint density at radius 2 is 1.92 bits per heavy atom. The number of anilines is 1. The molecule has 1 amide bonds. The lowest BCUT2D eigenvalue weighted by Crippen LogP contribution is -2.18. The number of amides is 1. The topological polar surface area (TPSA) is 84.2 Å². The molecule has 1 saturated carbocycles. The summed E-state index contributed by atoms with van der Waals surface area (Å²) >= 11 is 0. The van der Waals surface area contributed by atoms with Crippen LogP contribution >= 0.6 is 0 Å². The molecule has 1 aliphatic rings. The molecule has 2 atom stereocenters. The van der Waals surface area contributed by atoms with Gasteiger partial charge in [0.1, 0.15) is 5.82 Å². The number of carbonyl (C=O) groups is 2. The van der Waals surface area contributed by atoms with Crippen LogP contribution in [0.25, 0.3) is 0 Å². The van der Waals surface area contributed by atoms with E-state index in [0.717, 1.165) is 5.56 Å². The minimum atomic E-state index is -0.956. The van der Waals surface area contributed by atoms with E-state index in [2.05, 4.69) is 10.4 Å². The van der Waals surface area contributed by atoms with Crippen LogP contribution in [0.5, 0.6) is 0 Å². The van der Waals surface area contributed by atoms with Crippen molar-refractivity contribution in [3.8, 4) is 0 Å². The first kappa shape index (κ1) is 16.2. The molecule has 0 saturated heterocycles. The van der Waals surface area contributed by atoms with Crippen molar-refractivity contribution >= 4 is 17.7 Å². The summed E-state index contributed by atoms with van der Waals surface area (Å²) in [6.45, 7) is 3.98. The number of hydrogen-bond acceptors (Lipinski definition) is 3. The van der Waals surface area contributed by atoms with Gasteiger partial charge in [0.25, 0.3) is 0 Å². The fourth-order valence-electron chi connectivity index (χ4n) is 3.09. The maximum Gasteiger partial charge on any atom is 0.307 e. The van der Waals surface area contributed by atoms with Gasteiger partial charge in [0, 0.05) is 12.3 Å². The summed E-state index contributed by atoms with van der Waals surface area (Å²) in [6, 6.07) is 7.73. The van der Waals surface area contributed by atoms with Crippen LogP contribution in [0.15, 0.2) is 36.5 Å². The van der Waals surface area contributed by atoms with Gasteiger partial charge in [-0.2, -0.15) is 5.10 Å². The summed E-state index contributed by atoms with van der Waals surface area (Å²) in [5.74, 6) is -2.45. The van der Waals surface area contributed by atoms with Crippen molar-refractivity contribution in [2.45, 2.75) is 20.4 Å². The predicted molar refractivity (Wildman–Crippen MR) is 84.8 cm³/mol. The molecule has 6 nitrogen and oxygen atoms in total. The van der Waals surface area contributed by atoms with Crippen molar-refractivity contribution < 1.29 is 19.1 Å². The molecule has 2 unspecified atom stereocenters. The van der Waals surface area contributed by atoms with Gasteiger partial charge in [-0.15, -0.1) is 0 Å². The molecule has 0 radical (unpaired) electrons. The van der Waals surface area contributed by atoms with E-state index < -0.39 is 23.2 Å². The van der Waals surface area contributed by atoms with E-state index in [4.69, 9.17) is 5.11 Å². The highest BCUT2D eigenvalue weighted by Gasteiger charge is 2.65. The van der Waals surface area contributed by atoms with E-state index in [1.54, 1.807) is 42.9 Å². The van der Waals surface area contributed by atoms with Crippen LogP contribution in [0.2, 0.25) is 0 Å². The second kappa shape index (κ2) is 5.74. The van der Waals surface area contributed by atoms with E-state index in [1.165, 1.54) is 12.1 Å². The lowest BCUT2D eigenvalue weighted by molar-refractivity contribution is -0.140. The Morgan fingerprint density at radius 1 is 1.25 bits per heavy atom. The highest BCUT2D eigenvalue weighted by Crippen LogP contribution is 2.58. The Kier molecular flexibility index (Phi) is 3.87. The van der Waals surface area contributed by atoms with Gasteiger partial charge in [-0.3, -0.25) is 14.3 Å². The van der Waals surface area contributed by atoms with Crippen molar-refractivity contribution in [1.82, 2.24) is 9.78 Å². The van der Waals surface area contributed by atoms with Gasteiger partial charge in [-0.05, 0) is 23.1 Å². The van der Waals surface area contributed by atoms with Crippen LogP contribution in [0, 0.1) is 23.1 Å². The lowest BCUT2D eigenvalue weighted by Gasteiger charge is -2.04. The van der Waals surface area contributed by atoms with Crippen LogP contribution in [-0.4, -0.2) is 26.8 Å². The summed E-state index contributed by atoms with van der Waals surface area (Å²) in [6.07, 6.45) is 1.70. The van der Waals surface area contributed by atoms with Crippen molar-refractivity contribution in [2.24, 2.45) is 17.3 Å². The molecular weight excluding hydrogens is 313 g/mol. The SMILES string of the molecule is CC1(C)C(C(=O)O)C1C(=O)Nc1ccn(Cc2ccc(F)cc2)n1. The van der Waals surface area contributed by atoms with Crippen molar-refractivity contribution in [1.29, 1.82) is 0 Å². The second-order valence-corrected chi connectivity index (χ2v) is 6.63. The number of carboxylic acids is 1. The average molecular weight is 331 g/mol. The molecule has 24 heavy (non-hydrogen) atoms. The van der Waals surface area contributed by atoms with Crippen molar-refractivity contribution in [2.75, 3.05) is 5.32 Å². The third kappa shape index (κ3) is 3.02. The van der Waals surface area contributed by atoms with E-state index in [9.17, 15) is 14.0 Å². The number of carbonyl (C=O) groups excluding carboxylic acids is 1. The number of nitrogens with zero attached hydrogens (tertiary/aromatic N) is 2. The highest BCUT2D eigenvalue weighted by atomic mass is 19.1. The Labute approximate surface area is 138 Å². The number of aliphatic carboxylic acids is 1. The Bertz CT molecular complexity index is 783. The number of nitrogens with one attached hydrogen (secondary N) is 1. The first-order valence-electron chi connectivity index (χ1n) is 7.60. The Balaban J connectivity index is 1.63. The van der Waals surface area contributed by atoms with Crippen LogP contribution in [-0.2, 0) is 16.1 Å². The fraction of sp³-hybridized carbons (Fsp3) is 0.353. The Hall–Kier alpha value is -2.70. The van der Waals surface area contributed by atoms with Crippen LogP contribution < -0.4 is 5.32 Å². The van der Waals surface area contributed by atoms with Gasteiger partial charge in [-0.25, -0.2) is 4.39 Å². The summed E-state index contributed by atoms with van der Waals surface area (Å²) in [5, 5.41) is 16.0. The molecule has 1 heterocycles. The molecule has 1 aromatic carbocycles. The largest absolute Gasteiger partial charge is 0.481 e. The standard InChI is InChI=1S/C17H18FN3O3/c1-17(2)13(14(17)16(23)24)15(22)19-12-7-8-21(20-12)9-10-3-5-11(18)6-4-10/h3-8,13-14H,9H2,1-2H3,(H,23,24)(H,19,20,22). The van der Waals surface area contributed by atoms with Crippen LogP contribution in [0.4, 0.5) is 10.2 Å². The summed E-state index contributed by atoms with van der Waals surface area (Å²) in [7, 11) is 0. The zero-order valence-corrected chi connectivity index (χ0v) is 13.4. The van der Waals surface area contributed by atoms with E-state index in [0.29, 0.717) is 12.4 Å². The van der Waals surface area contributed by atoms with Crippen LogP contribution in [0.1, 0.15) is 19.4 Å². The van der Waals surface area contributed by atoms with E-state index >= 15 is 0 Å². The molecule has 1 fully saturated rings. The van der Waals surface area contributed by atoms with Gasteiger partial charge in [0.05, 0.1) is 18.4 Å². The van der Waals surface area contributed by atoms with Gasteiger partial charge >= 0.3 is 5.97 Å². The third-order valence-electron chi connectivity index (χ3n) is 4.53. The number of aromatic nitrogens is 2. The molecule has 2 N–H and O–H groups in total. The maximum absolute atomic E-state index is 12.9. The smallest absolute Gasteiger partial charge is 0.307 e. The maximum atomic E-state index is 12.9. The van der Waals surface area contributed by atoms with Gasteiger partial charge in [-0.1, -0.05) is 26.0 Å². The number of benzene rings is 1. The number of hydrogen-bond donors (Lipinski definition) is 2. The zero-order valence-electron chi connectivity index (χ0n) is 13.4. The molecule has 2 aromatic rings. The van der Waals surface area contributed by atoms with Crippen LogP contribution in [0.3, 0.4) is 0 Å². The number of carboxylic acid groups (broad SMARTS) is 1. The van der Waals surface area contributed by atoms with Crippen molar-refractivity contribution in [3.63, 3.8) is 0 Å². The van der Waals surface area contributed by atoms with E-state index in [1.807, 2.05) is 0 Å². The summed E-state index contributed by atoms with van der Waals surface area (Å²) < 4.78 is 14.5.